The molecule has 1 aliphatic rings. The zero-order valence-corrected chi connectivity index (χ0v) is 20.1. The Morgan fingerprint density at radius 2 is 1.57 bits per heavy atom. The molecule has 174 valence electrons. The number of piperazine rings is 1. The van der Waals surface area contributed by atoms with Crippen LogP contribution in [0.1, 0.15) is 17.0 Å². The lowest BCUT2D eigenvalue weighted by molar-refractivity contribution is -0.126. The first-order valence-corrected chi connectivity index (χ1v) is 11.9. The third-order valence-corrected chi connectivity index (χ3v) is 6.82. The number of para-hydroxylation sites is 1. The molecule has 1 fully saturated rings. The summed E-state index contributed by atoms with van der Waals surface area (Å²) in [6, 6.07) is 29.0. The van der Waals surface area contributed by atoms with Crippen LogP contribution < -0.4 is 4.90 Å². The summed E-state index contributed by atoms with van der Waals surface area (Å²) in [6.07, 6.45) is 1.75. The van der Waals surface area contributed by atoms with Crippen molar-refractivity contribution in [2.75, 3.05) is 31.1 Å². The predicted octanol–water partition coefficient (Wildman–Crippen LogP) is 5.50. The molecule has 0 aliphatic carbocycles. The number of nitriles is 1. The molecule has 0 unspecified atom stereocenters. The molecule has 35 heavy (non-hydrogen) atoms. The van der Waals surface area contributed by atoms with E-state index in [1.165, 1.54) is 10.8 Å². The quantitative estimate of drug-likeness (QED) is 0.298. The molecule has 2 heterocycles. The van der Waals surface area contributed by atoms with E-state index in [2.05, 4.69) is 71.0 Å². The maximum Gasteiger partial charge on any atom is 0.264 e. The van der Waals surface area contributed by atoms with Crippen molar-refractivity contribution >= 4 is 28.4 Å². The van der Waals surface area contributed by atoms with E-state index in [-0.39, 0.29) is 11.5 Å². The maximum atomic E-state index is 13.2. The van der Waals surface area contributed by atoms with Crippen molar-refractivity contribution in [1.29, 1.82) is 5.26 Å². The Morgan fingerprint density at radius 3 is 2.31 bits per heavy atom. The molecule has 1 saturated heterocycles. The summed E-state index contributed by atoms with van der Waals surface area (Å²) < 4.78 is 2.20. The normalized spacial score (nSPS) is 14.3. The van der Waals surface area contributed by atoms with Gasteiger partial charge in [-0.1, -0.05) is 54.6 Å². The van der Waals surface area contributed by atoms with Gasteiger partial charge in [0.15, 0.2) is 0 Å². The molecule has 0 spiro atoms. The van der Waals surface area contributed by atoms with Crippen LogP contribution in [0.25, 0.3) is 22.5 Å². The molecule has 0 radical (unpaired) electrons. The zero-order valence-electron chi connectivity index (χ0n) is 20.1. The molecular formula is C30H28N4O. The lowest BCUT2D eigenvalue weighted by Crippen LogP contribution is -2.49. The molecule has 0 bridgehead atoms. The molecule has 3 aromatic carbocycles. The zero-order chi connectivity index (χ0) is 24.4. The summed E-state index contributed by atoms with van der Waals surface area (Å²) in [5.41, 5.74) is 5.40. The number of carbonyl (C=O) groups is 1. The first-order chi connectivity index (χ1) is 17.1. The topological polar surface area (TPSA) is 52.3 Å². The standard InChI is InChI=1S/C30H28N4O/c1-22-19-25(23(2)34(22)29-14-8-10-24-9-6-7-13-28(24)29)20-26(21-31)30(35)33-17-15-32(16-18-33)27-11-4-3-5-12-27/h3-14,19-20H,15-18H2,1-2H3/b26-20-. The minimum atomic E-state index is -0.199. The van der Waals surface area contributed by atoms with Gasteiger partial charge in [0.05, 0.1) is 5.69 Å². The van der Waals surface area contributed by atoms with Crippen LogP contribution in [-0.2, 0) is 4.79 Å². The summed E-state index contributed by atoms with van der Waals surface area (Å²) in [5, 5.41) is 12.2. The summed E-state index contributed by atoms with van der Waals surface area (Å²) in [5.74, 6) is -0.199. The number of rotatable bonds is 4. The van der Waals surface area contributed by atoms with E-state index in [0.29, 0.717) is 13.1 Å². The summed E-state index contributed by atoms with van der Waals surface area (Å²) in [4.78, 5) is 17.3. The van der Waals surface area contributed by atoms with Gasteiger partial charge in [-0.3, -0.25) is 4.79 Å². The Balaban J connectivity index is 1.40. The summed E-state index contributed by atoms with van der Waals surface area (Å²) in [6.45, 7) is 6.80. The van der Waals surface area contributed by atoms with Crippen LogP contribution in [0.2, 0.25) is 0 Å². The van der Waals surface area contributed by atoms with Crippen molar-refractivity contribution in [2.45, 2.75) is 13.8 Å². The predicted molar refractivity (Wildman–Crippen MR) is 142 cm³/mol. The van der Waals surface area contributed by atoms with Crippen LogP contribution >= 0.6 is 0 Å². The highest BCUT2D eigenvalue weighted by Gasteiger charge is 2.24. The lowest BCUT2D eigenvalue weighted by atomic mass is 10.1. The molecular weight excluding hydrogens is 432 g/mol. The van der Waals surface area contributed by atoms with Crippen LogP contribution in [0.15, 0.2) is 84.4 Å². The Labute approximate surface area is 206 Å². The van der Waals surface area contributed by atoms with Gasteiger partial charge in [0.25, 0.3) is 5.91 Å². The number of benzene rings is 3. The van der Waals surface area contributed by atoms with E-state index >= 15 is 0 Å². The minimum Gasteiger partial charge on any atom is -0.368 e. The second-order valence-corrected chi connectivity index (χ2v) is 8.94. The summed E-state index contributed by atoms with van der Waals surface area (Å²) in [7, 11) is 0. The number of hydrogen-bond donors (Lipinski definition) is 0. The Bertz CT molecular complexity index is 1450. The smallest absolute Gasteiger partial charge is 0.264 e. The molecule has 1 aromatic heterocycles. The van der Waals surface area contributed by atoms with Gasteiger partial charge in [-0.2, -0.15) is 5.26 Å². The largest absolute Gasteiger partial charge is 0.368 e. The number of nitrogens with zero attached hydrogens (tertiary/aromatic N) is 4. The molecule has 4 aromatic rings. The second kappa shape index (κ2) is 9.52. The molecule has 0 atom stereocenters. The highest BCUT2D eigenvalue weighted by Crippen LogP contribution is 2.28. The van der Waals surface area contributed by atoms with Crippen molar-refractivity contribution in [3.05, 3.63) is 101 Å². The average Bonchev–Trinajstić information content (AvgIpc) is 3.19. The van der Waals surface area contributed by atoms with Crippen molar-refractivity contribution in [3.8, 4) is 11.8 Å². The molecule has 0 N–H and O–H groups in total. The molecule has 5 nitrogen and oxygen atoms in total. The highest BCUT2D eigenvalue weighted by atomic mass is 16.2. The van der Waals surface area contributed by atoms with Gasteiger partial charge >= 0.3 is 0 Å². The van der Waals surface area contributed by atoms with Gasteiger partial charge in [0, 0.05) is 48.6 Å². The SMILES string of the molecule is Cc1cc(/C=C(/C#N)C(=O)N2CCN(c3ccccc3)CC2)c(C)n1-c1cccc2ccccc12. The van der Waals surface area contributed by atoms with E-state index < -0.39 is 0 Å². The average molecular weight is 461 g/mol. The fourth-order valence-electron chi connectivity index (χ4n) is 4.98. The van der Waals surface area contributed by atoms with Crippen LogP contribution in [0.3, 0.4) is 0 Å². The minimum absolute atomic E-state index is 0.177. The third-order valence-electron chi connectivity index (χ3n) is 6.82. The number of hydrogen-bond acceptors (Lipinski definition) is 3. The fraction of sp³-hybridized carbons (Fsp3) is 0.200. The van der Waals surface area contributed by atoms with Gasteiger partial charge in [0.2, 0.25) is 0 Å². The second-order valence-electron chi connectivity index (χ2n) is 8.94. The van der Waals surface area contributed by atoms with Crippen LogP contribution in [0.5, 0.6) is 0 Å². The van der Waals surface area contributed by atoms with E-state index in [4.69, 9.17) is 0 Å². The van der Waals surface area contributed by atoms with Gasteiger partial charge in [-0.05, 0) is 55.1 Å². The Kier molecular flexibility index (Phi) is 6.12. The monoisotopic (exact) mass is 460 g/mol. The van der Waals surface area contributed by atoms with E-state index in [0.717, 1.165) is 41.4 Å². The number of fused-ring (bicyclic) bond motifs is 1. The lowest BCUT2D eigenvalue weighted by Gasteiger charge is -2.36. The van der Waals surface area contributed by atoms with Crippen molar-refractivity contribution < 1.29 is 4.79 Å². The van der Waals surface area contributed by atoms with Crippen LogP contribution in [-0.4, -0.2) is 41.6 Å². The highest BCUT2D eigenvalue weighted by molar-refractivity contribution is 6.02. The number of amides is 1. The van der Waals surface area contributed by atoms with Gasteiger partial charge < -0.3 is 14.4 Å². The molecule has 5 heteroatoms. The molecule has 1 amide bonds. The number of carbonyl (C=O) groups excluding carboxylic acids is 1. The first-order valence-electron chi connectivity index (χ1n) is 11.9. The van der Waals surface area contributed by atoms with Gasteiger partial charge in [0.1, 0.15) is 11.6 Å². The van der Waals surface area contributed by atoms with Gasteiger partial charge in [-0.15, -0.1) is 0 Å². The molecule has 1 aliphatic heterocycles. The van der Waals surface area contributed by atoms with Gasteiger partial charge in [-0.25, -0.2) is 0 Å². The number of aryl methyl sites for hydroxylation is 1. The van der Waals surface area contributed by atoms with Crippen molar-refractivity contribution in [1.82, 2.24) is 9.47 Å². The fourth-order valence-corrected chi connectivity index (χ4v) is 4.98. The summed E-state index contributed by atoms with van der Waals surface area (Å²) >= 11 is 0. The molecule has 5 rings (SSSR count). The third kappa shape index (κ3) is 4.31. The van der Waals surface area contributed by atoms with E-state index in [1.54, 1.807) is 11.0 Å². The van der Waals surface area contributed by atoms with E-state index in [9.17, 15) is 10.1 Å². The molecule has 0 saturated carbocycles. The van der Waals surface area contributed by atoms with Crippen molar-refractivity contribution in [2.24, 2.45) is 0 Å². The van der Waals surface area contributed by atoms with Crippen LogP contribution in [0, 0.1) is 25.2 Å². The Morgan fingerprint density at radius 1 is 0.886 bits per heavy atom. The number of aromatic nitrogens is 1. The first kappa shape index (κ1) is 22.5. The van der Waals surface area contributed by atoms with E-state index in [1.807, 2.05) is 37.3 Å². The number of anilines is 1. The maximum absolute atomic E-state index is 13.2. The van der Waals surface area contributed by atoms with Crippen LogP contribution in [0.4, 0.5) is 5.69 Å². The van der Waals surface area contributed by atoms with Crippen molar-refractivity contribution in [3.63, 3.8) is 0 Å². The Hall–Kier alpha value is -4.30.